The molecule has 0 radical (unpaired) electrons. The number of benzene rings is 3. The van der Waals surface area contributed by atoms with E-state index in [1.165, 1.54) is 72.8 Å². The summed E-state index contributed by atoms with van der Waals surface area (Å²) in [5.74, 6) is -1.64. The average Bonchev–Trinajstić information content (AvgIpc) is 2.90. The number of anilines is 2. The molecule has 4 aromatic rings. The molecule has 0 aliphatic carbocycles. The molecule has 3 aromatic carbocycles. The average molecular weight is 583 g/mol. The van der Waals surface area contributed by atoms with E-state index in [-0.39, 0.29) is 44.3 Å². The van der Waals surface area contributed by atoms with Gasteiger partial charge in [0.15, 0.2) is 5.82 Å². The standard InChI is InChI=1S/C26H17Cl2FN6O3S/c27-18-10-8-16(9-11-18)25(36)34-26(31-21-13-12-19(28)14-20(21)29)33-23-6-3-7-24(32-23)35-39(37,38)22-5-2-1-4-17(22)15-30/h1-14H,(H3,31,32,33,34,35,36). The quantitative estimate of drug-likeness (QED) is 0.196. The lowest BCUT2D eigenvalue weighted by Crippen LogP contribution is -2.36. The Balaban J connectivity index is 1.66. The first-order chi connectivity index (χ1) is 18.6. The maximum Gasteiger partial charge on any atom is 0.264 e. The molecule has 0 aliphatic heterocycles. The number of nitrogens with one attached hydrogen (secondary N) is 3. The summed E-state index contributed by atoms with van der Waals surface area (Å²) >= 11 is 11.7. The van der Waals surface area contributed by atoms with E-state index >= 15 is 0 Å². The summed E-state index contributed by atoms with van der Waals surface area (Å²) in [6.45, 7) is 0. The van der Waals surface area contributed by atoms with Crippen LogP contribution in [0.3, 0.4) is 0 Å². The van der Waals surface area contributed by atoms with Gasteiger partial charge in [0, 0.05) is 15.6 Å². The van der Waals surface area contributed by atoms with E-state index in [1.54, 1.807) is 6.07 Å². The fourth-order valence-electron chi connectivity index (χ4n) is 3.23. The number of amides is 1. The Kier molecular flexibility index (Phi) is 8.41. The molecule has 196 valence electrons. The van der Waals surface area contributed by atoms with Crippen LogP contribution in [0.4, 0.5) is 21.7 Å². The monoisotopic (exact) mass is 582 g/mol. The number of carbonyl (C=O) groups is 1. The molecule has 1 aromatic heterocycles. The van der Waals surface area contributed by atoms with Crippen LogP contribution < -0.4 is 15.4 Å². The van der Waals surface area contributed by atoms with Crippen LogP contribution >= 0.6 is 23.2 Å². The summed E-state index contributed by atoms with van der Waals surface area (Å²) in [7, 11) is -4.16. The highest BCUT2D eigenvalue weighted by molar-refractivity contribution is 7.92. The van der Waals surface area contributed by atoms with Crippen LogP contribution in [0.5, 0.6) is 0 Å². The highest BCUT2D eigenvalue weighted by atomic mass is 35.5. The van der Waals surface area contributed by atoms with Crippen molar-refractivity contribution in [2.45, 2.75) is 4.90 Å². The maximum atomic E-state index is 14.5. The minimum absolute atomic E-state index is 0.0305. The Bertz CT molecular complexity index is 1720. The Morgan fingerprint density at radius 3 is 2.38 bits per heavy atom. The van der Waals surface area contributed by atoms with Gasteiger partial charge in [-0.2, -0.15) is 10.3 Å². The van der Waals surface area contributed by atoms with Crippen LogP contribution in [0.1, 0.15) is 15.9 Å². The number of pyridine rings is 1. The Morgan fingerprint density at radius 2 is 1.67 bits per heavy atom. The molecule has 0 fully saturated rings. The molecule has 0 saturated carbocycles. The Labute approximate surface area is 233 Å². The summed E-state index contributed by atoms with van der Waals surface area (Å²) in [6.07, 6.45) is 0. The number of aromatic nitrogens is 1. The molecule has 13 heteroatoms. The first-order valence-electron chi connectivity index (χ1n) is 11.0. The number of sulfonamides is 1. The van der Waals surface area contributed by atoms with Gasteiger partial charge >= 0.3 is 0 Å². The Morgan fingerprint density at radius 1 is 0.949 bits per heavy atom. The van der Waals surface area contributed by atoms with Crippen molar-refractivity contribution in [1.82, 2.24) is 10.3 Å². The first kappa shape index (κ1) is 27.5. The van der Waals surface area contributed by atoms with Crippen molar-refractivity contribution in [2.24, 2.45) is 4.99 Å². The highest BCUT2D eigenvalue weighted by Crippen LogP contribution is 2.22. The molecule has 0 saturated heterocycles. The molecule has 1 amide bonds. The van der Waals surface area contributed by atoms with Gasteiger partial charge in [-0.15, -0.1) is 0 Å². The number of nitrogens with zero attached hydrogens (tertiary/aromatic N) is 3. The van der Waals surface area contributed by atoms with Crippen LogP contribution in [0.2, 0.25) is 10.0 Å². The minimum Gasteiger partial charge on any atom is -0.323 e. The molecule has 3 N–H and O–H groups in total. The van der Waals surface area contributed by atoms with Gasteiger partial charge in [0.05, 0.1) is 11.3 Å². The summed E-state index contributed by atoms with van der Waals surface area (Å²) < 4.78 is 42.5. The van der Waals surface area contributed by atoms with Crippen molar-refractivity contribution >= 4 is 62.4 Å². The van der Waals surface area contributed by atoms with Gasteiger partial charge < -0.3 is 5.32 Å². The lowest BCUT2D eigenvalue weighted by Gasteiger charge is -2.13. The van der Waals surface area contributed by atoms with E-state index in [0.717, 1.165) is 6.07 Å². The highest BCUT2D eigenvalue weighted by Gasteiger charge is 2.19. The number of nitriles is 1. The third kappa shape index (κ3) is 7.08. The molecule has 9 nitrogen and oxygen atoms in total. The number of hydrogen-bond acceptors (Lipinski definition) is 6. The predicted octanol–water partition coefficient (Wildman–Crippen LogP) is 5.73. The topological polar surface area (TPSA) is 136 Å². The fourth-order valence-corrected chi connectivity index (χ4v) is 4.67. The van der Waals surface area contributed by atoms with Crippen LogP contribution in [-0.2, 0) is 10.0 Å². The third-order valence-electron chi connectivity index (χ3n) is 5.02. The van der Waals surface area contributed by atoms with E-state index in [9.17, 15) is 22.9 Å². The van der Waals surface area contributed by atoms with Gasteiger partial charge in [0.1, 0.15) is 22.6 Å². The molecule has 0 unspecified atom stereocenters. The largest absolute Gasteiger partial charge is 0.323 e. The smallest absolute Gasteiger partial charge is 0.264 e. The zero-order valence-electron chi connectivity index (χ0n) is 19.7. The van der Waals surface area contributed by atoms with Crippen LogP contribution in [-0.4, -0.2) is 25.3 Å². The summed E-state index contributed by atoms with van der Waals surface area (Å²) in [4.78, 5) is 21.0. The van der Waals surface area contributed by atoms with E-state index in [0.29, 0.717) is 5.02 Å². The van der Waals surface area contributed by atoms with Gasteiger partial charge in [-0.1, -0.05) is 41.4 Å². The van der Waals surface area contributed by atoms with Crippen LogP contribution in [0.25, 0.3) is 0 Å². The molecule has 1 heterocycles. The van der Waals surface area contributed by atoms with E-state index in [2.05, 4.69) is 25.3 Å². The van der Waals surface area contributed by atoms with Gasteiger partial charge in [-0.25, -0.2) is 17.8 Å². The number of hydrogen-bond donors (Lipinski definition) is 3. The molecule has 39 heavy (non-hydrogen) atoms. The first-order valence-corrected chi connectivity index (χ1v) is 13.3. The summed E-state index contributed by atoms with van der Waals surface area (Å²) in [6, 6.07) is 21.7. The van der Waals surface area contributed by atoms with Gasteiger partial charge in [0.25, 0.3) is 15.9 Å². The van der Waals surface area contributed by atoms with Gasteiger partial charge in [-0.3, -0.25) is 14.8 Å². The van der Waals surface area contributed by atoms with Crippen molar-refractivity contribution in [3.8, 4) is 6.07 Å². The fraction of sp³-hybridized carbons (Fsp3) is 0. The van der Waals surface area contributed by atoms with Gasteiger partial charge in [-0.05, 0) is 66.7 Å². The number of guanidine groups is 1. The molecule has 0 spiro atoms. The van der Waals surface area contributed by atoms with Crippen LogP contribution in [0.15, 0.2) is 94.8 Å². The molecule has 4 rings (SSSR count). The molecular weight excluding hydrogens is 566 g/mol. The van der Waals surface area contributed by atoms with Gasteiger partial charge in [0.2, 0.25) is 5.96 Å². The van der Waals surface area contributed by atoms with Crippen molar-refractivity contribution in [2.75, 3.05) is 10.0 Å². The van der Waals surface area contributed by atoms with E-state index in [1.807, 2.05) is 6.07 Å². The minimum atomic E-state index is -4.16. The van der Waals surface area contributed by atoms with Crippen molar-refractivity contribution in [3.63, 3.8) is 0 Å². The zero-order chi connectivity index (χ0) is 28.0. The Hall–Kier alpha value is -4.50. The molecule has 0 bridgehead atoms. The van der Waals surface area contributed by atoms with E-state index < -0.39 is 21.7 Å². The molecule has 0 atom stereocenters. The van der Waals surface area contributed by atoms with Crippen LogP contribution in [0, 0.1) is 17.1 Å². The summed E-state index contributed by atoms with van der Waals surface area (Å²) in [5.41, 5.74) is 0.163. The normalized spacial score (nSPS) is 11.4. The number of aliphatic imine (C=N–C) groups is 1. The van der Waals surface area contributed by atoms with Crippen molar-refractivity contribution in [1.29, 1.82) is 5.26 Å². The number of halogens is 3. The lowest BCUT2D eigenvalue weighted by atomic mass is 10.2. The third-order valence-corrected chi connectivity index (χ3v) is 6.92. The second-order valence-corrected chi connectivity index (χ2v) is 10.3. The zero-order valence-corrected chi connectivity index (χ0v) is 22.0. The van der Waals surface area contributed by atoms with Crippen molar-refractivity contribution < 1.29 is 17.6 Å². The summed E-state index contributed by atoms with van der Waals surface area (Å²) in [5, 5.41) is 15.1. The second-order valence-electron chi connectivity index (χ2n) is 7.77. The second kappa shape index (κ2) is 11.9. The number of rotatable bonds is 6. The maximum absolute atomic E-state index is 14.5. The lowest BCUT2D eigenvalue weighted by molar-refractivity contribution is 0.0977. The molecular formula is C26H17Cl2FN6O3S. The number of carbonyl (C=O) groups excluding carboxylic acids is 1. The molecule has 0 aliphatic rings. The SMILES string of the molecule is N#Cc1ccccc1S(=O)(=O)Nc1cccc(/N=C(\NC(=O)c2ccc(Cl)cc2)Nc2ccc(Cl)cc2F)n1. The van der Waals surface area contributed by atoms with E-state index in [4.69, 9.17) is 23.2 Å². The predicted molar refractivity (Wildman–Crippen MR) is 147 cm³/mol. The van der Waals surface area contributed by atoms with Crippen molar-refractivity contribution in [3.05, 3.63) is 112 Å².